The van der Waals surface area contributed by atoms with E-state index >= 15 is 0 Å². The molecule has 0 amide bonds. The second-order valence-electron chi connectivity index (χ2n) is 4.34. The van der Waals surface area contributed by atoms with Gasteiger partial charge in [-0.1, -0.05) is 15.9 Å². The molecule has 0 aliphatic rings. The third-order valence-corrected chi connectivity index (χ3v) is 2.89. The first-order chi connectivity index (χ1) is 8.60. The monoisotopic (exact) mass is 339 g/mol. The first-order valence-electron chi connectivity index (χ1n) is 5.47. The van der Waals surface area contributed by atoms with Gasteiger partial charge in [0.2, 0.25) is 0 Å². The van der Waals surface area contributed by atoms with Gasteiger partial charge >= 0.3 is 12.1 Å². The average molecular weight is 340 g/mol. The van der Waals surface area contributed by atoms with Gasteiger partial charge in [0, 0.05) is 16.2 Å². The van der Waals surface area contributed by atoms with Crippen LogP contribution < -0.4 is 4.90 Å². The zero-order chi connectivity index (χ0) is 14.8. The average Bonchev–Trinajstić information content (AvgIpc) is 2.23. The lowest BCUT2D eigenvalue weighted by atomic mass is 10.1. The van der Waals surface area contributed by atoms with E-state index < -0.39 is 24.7 Å². The number of carboxylic acid groups (broad SMARTS) is 1. The van der Waals surface area contributed by atoms with Crippen LogP contribution in [0.15, 0.2) is 22.7 Å². The summed E-state index contributed by atoms with van der Waals surface area (Å²) in [5.74, 6) is -1.18. The van der Waals surface area contributed by atoms with Crippen LogP contribution in [-0.4, -0.2) is 29.8 Å². The molecule has 106 valence electrons. The number of halogens is 4. The summed E-state index contributed by atoms with van der Waals surface area (Å²) < 4.78 is 38.1. The quantitative estimate of drug-likeness (QED) is 0.903. The Morgan fingerprint density at radius 2 is 1.95 bits per heavy atom. The van der Waals surface area contributed by atoms with E-state index in [0.717, 1.165) is 4.90 Å². The smallest absolute Gasteiger partial charge is 0.405 e. The number of benzene rings is 1. The van der Waals surface area contributed by atoms with E-state index in [1.807, 2.05) is 0 Å². The number of nitrogens with zero attached hydrogens (tertiary/aromatic N) is 1. The minimum absolute atomic E-state index is 0.0581. The molecule has 0 bridgehead atoms. The minimum Gasteiger partial charge on any atom is -0.478 e. The van der Waals surface area contributed by atoms with Gasteiger partial charge < -0.3 is 10.0 Å². The van der Waals surface area contributed by atoms with E-state index in [9.17, 15) is 18.0 Å². The van der Waals surface area contributed by atoms with E-state index in [2.05, 4.69) is 15.9 Å². The molecule has 0 aliphatic heterocycles. The Labute approximate surface area is 117 Å². The maximum atomic E-state index is 12.5. The Morgan fingerprint density at radius 3 is 2.37 bits per heavy atom. The van der Waals surface area contributed by atoms with Crippen molar-refractivity contribution in [3.63, 3.8) is 0 Å². The number of carbonyl (C=O) groups is 1. The molecule has 19 heavy (non-hydrogen) atoms. The van der Waals surface area contributed by atoms with Gasteiger partial charge in [-0.25, -0.2) is 4.79 Å². The highest BCUT2D eigenvalue weighted by Crippen LogP contribution is 2.28. The molecule has 1 aromatic rings. The number of alkyl halides is 3. The van der Waals surface area contributed by atoms with Crippen LogP contribution in [0.2, 0.25) is 0 Å². The van der Waals surface area contributed by atoms with E-state index in [-0.39, 0.29) is 11.3 Å². The molecule has 0 radical (unpaired) electrons. The summed E-state index contributed by atoms with van der Waals surface area (Å²) in [4.78, 5) is 12.0. The molecule has 3 nitrogen and oxygen atoms in total. The fraction of sp³-hybridized carbons (Fsp3) is 0.417. The Hall–Kier alpha value is -1.24. The SMILES string of the molecule is CC(C)N(CC(F)(F)F)c1cc(Br)cc(C(=O)O)c1. The number of aromatic carboxylic acids is 1. The lowest BCUT2D eigenvalue weighted by Gasteiger charge is -2.30. The number of hydrogen-bond acceptors (Lipinski definition) is 2. The molecule has 1 N–H and O–H groups in total. The molecule has 0 saturated carbocycles. The predicted molar refractivity (Wildman–Crippen MR) is 69.6 cm³/mol. The molecule has 0 atom stereocenters. The van der Waals surface area contributed by atoms with Crippen molar-refractivity contribution in [2.75, 3.05) is 11.4 Å². The van der Waals surface area contributed by atoms with Crippen molar-refractivity contribution in [3.05, 3.63) is 28.2 Å². The summed E-state index contributed by atoms with van der Waals surface area (Å²) in [7, 11) is 0. The molecule has 1 rings (SSSR count). The Morgan fingerprint density at radius 1 is 1.37 bits per heavy atom. The Bertz CT molecular complexity index is 475. The molecule has 0 spiro atoms. The highest BCUT2D eigenvalue weighted by molar-refractivity contribution is 9.10. The second kappa shape index (κ2) is 5.81. The maximum Gasteiger partial charge on any atom is 0.405 e. The van der Waals surface area contributed by atoms with Crippen LogP contribution in [0.5, 0.6) is 0 Å². The highest BCUT2D eigenvalue weighted by atomic mass is 79.9. The summed E-state index contributed by atoms with van der Waals surface area (Å²) in [6.07, 6.45) is -4.35. The first-order valence-corrected chi connectivity index (χ1v) is 6.26. The molecule has 0 saturated heterocycles. The fourth-order valence-electron chi connectivity index (χ4n) is 1.63. The van der Waals surface area contributed by atoms with E-state index in [0.29, 0.717) is 4.47 Å². The lowest BCUT2D eigenvalue weighted by molar-refractivity contribution is -0.120. The van der Waals surface area contributed by atoms with Crippen LogP contribution in [0, 0.1) is 0 Å². The molecule has 1 aromatic carbocycles. The van der Waals surface area contributed by atoms with Crippen molar-refractivity contribution >= 4 is 27.6 Å². The van der Waals surface area contributed by atoms with Gasteiger partial charge in [0.05, 0.1) is 5.56 Å². The summed E-state index contributed by atoms with van der Waals surface area (Å²) >= 11 is 3.11. The number of carboxylic acids is 1. The van der Waals surface area contributed by atoms with E-state index in [1.54, 1.807) is 13.8 Å². The van der Waals surface area contributed by atoms with Gasteiger partial charge in [-0.2, -0.15) is 13.2 Å². The van der Waals surface area contributed by atoms with Gasteiger partial charge in [0.25, 0.3) is 0 Å². The topological polar surface area (TPSA) is 40.5 Å². The molecule has 0 unspecified atom stereocenters. The third kappa shape index (κ3) is 4.74. The van der Waals surface area contributed by atoms with Crippen LogP contribution in [0.4, 0.5) is 18.9 Å². The Kier molecular flexibility index (Phi) is 4.84. The standard InChI is InChI=1S/C12H13BrF3NO2/c1-7(2)17(6-12(14,15)16)10-4-8(11(18)19)3-9(13)5-10/h3-5,7H,6H2,1-2H3,(H,18,19). The third-order valence-electron chi connectivity index (χ3n) is 2.43. The van der Waals surface area contributed by atoms with Gasteiger partial charge in [0.15, 0.2) is 0 Å². The molecule has 0 heterocycles. The van der Waals surface area contributed by atoms with Crippen LogP contribution in [0.3, 0.4) is 0 Å². The minimum atomic E-state index is -4.35. The van der Waals surface area contributed by atoms with Gasteiger partial charge in [-0.15, -0.1) is 0 Å². The molecule has 0 fully saturated rings. The van der Waals surface area contributed by atoms with Gasteiger partial charge in [-0.3, -0.25) is 0 Å². The molecule has 7 heteroatoms. The zero-order valence-corrected chi connectivity index (χ0v) is 11.9. The summed E-state index contributed by atoms with van der Waals surface area (Å²) in [5, 5.41) is 8.93. The zero-order valence-electron chi connectivity index (χ0n) is 10.3. The number of anilines is 1. The van der Waals surface area contributed by atoms with E-state index in [4.69, 9.17) is 5.11 Å². The summed E-state index contributed by atoms with van der Waals surface area (Å²) in [6.45, 7) is 2.11. The second-order valence-corrected chi connectivity index (χ2v) is 5.26. The van der Waals surface area contributed by atoms with Gasteiger partial charge in [0.1, 0.15) is 6.54 Å². The van der Waals surface area contributed by atoms with Crippen LogP contribution in [0.1, 0.15) is 24.2 Å². The molecule has 0 aliphatic carbocycles. The fourth-order valence-corrected chi connectivity index (χ4v) is 2.11. The number of hydrogen-bond donors (Lipinski definition) is 1. The van der Waals surface area contributed by atoms with Crippen LogP contribution in [0.25, 0.3) is 0 Å². The molecular formula is C12H13BrF3NO2. The summed E-state index contributed by atoms with van der Waals surface area (Å²) in [5.41, 5.74) is 0.163. The normalized spacial score (nSPS) is 11.7. The van der Waals surface area contributed by atoms with Crippen molar-refractivity contribution in [3.8, 4) is 0 Å². The highest BCUT2D eigenvalue weighted by Gasteiger charge is 2.32. The Balaban J connectivity index is 3.19. The lowest BCUT2D eigenvalue weighted by Crippen LogP contribution is -2.39. The summed E-state index contributed by atoms with van der Waals surface area (Å²) in [6, 6.07) is 3.65. The van der Waals surface area contributed by atoms with Crippen LogP contribution >= 0.6 is 15.9 Å². The van der Waals surface area contributed by atoms with Gasteiger partial charge in [-0.05, 0) is 32.0 Å². The van der Waals surface area contributed by atoms with Crippen molar-refractivity contribution in [1.82, 2.24) is 0 Å². The maximum absolute atomic E-state index is 12.5. The van der Waals surface area contributed by atoms with Crippen molar-refractivity contribution in [1.29, 1.82) is 0 Å². The largest absolute Gasteiger partial charge is 0.478 e. The van der Waals surface area contributed by atoms with Crippen molar-refractivity contribution < 1.29 is 23.1 Å². The molecular weight excluding hydrogens is 327 g/mol. The number of rotatable bonds is 4. The van der Waals surface area contributed by atoms with E-state index in [1.165, 1.54) is 18.2 Å². The van der Waals surface area contributed by atoms with Crippen molar-refractivity contribution in [2.24, 2.45) is 0 Å². The van der Waals surface area contributed by atoms with Crippen LogP contribution in [-0.2, 0) is 0 Å². The van der Waals surface area contributed by atoms with Crippen molar-refractivity contribution in [2.45, 2.75) is 26.1 Å². The molecule has 0 aromatic heterocycles. The predicted octanol–water partition coefficient (Wildman–Crippen LogP) is 3.92. The first kappa shape index (κ1) is 15.8.